The molecule has 96 valence electrons. The molecule has 0 saturated carbocycles. The van der Waals surface area contributed by atoms with Crippen molar-refractivity contribution < 1.29 is 8.42 Å². The molecule has 0 heterocycles. The third-order valence-corrected chi connectivity index (χ3v) is 4.48. The lowest BCUT2D eigenvalue weighted by Crippen LogP contribution is -2.42. The SMILES string of the molecule is CCC(C)(C)NS(=O)(=O)c1ccc(CN)cc1. The van der Waals surface area contributed by atoms with E-state index in [1.165, 1.54) is 0 Å². The van der Waals surface area contributed by atoms with Crippen LogP contribution in [0.3, 0.4) is 0 Å². The normalized spacial score (nSPS) is 12.7. The number of hydrogen-bond donors (Lipinski definition) is 2. The van der Waals surface area contributed by atoms with Crippen LogP contribution >= 0.6 is 0 Å². The molecule has 0 radical (unpaired) electrons. The quantitative estimate of drug-likeness (QED) is 0.840. The van der Waals surface area contributed by atoms with Crippen LogP contribution in [-0.4, -0.2) is 14.0 Å². The van der Waals surface area contributed by atoms with Crippen LogP contribution in [0.15, 0.2) is 29.2 Å². The summed E-state index contributed by atoms with van der Waals surface area (Å²) in [6.45, 7) is 6.08. The molecule has 0 spiro atoms. The number of hydrogen-bond acceptors (Lipinski definition) is 3. The lowest BCUT2D eigenvalue weighted by molar-refractivity contribution is 0.439. The van der Waals surface area contributed by atoms with E-state index in [9.17, 15) is 8.42 Å². The number of benzene rings is 1. The van der Waals surface area contributed by atoms with Gasteiger partial charge in [-0.2, -0.15) is 0 Å². The van der Waals surface area contributed by atoms with Gasteiger partial charge in [-0.05, 0) is 38.0 Å². The predicted octanol–water partition coefficient (Wildman–Crippen LogP) is 1.61. The molecule has 0 bridgehead atoms. The molecule has 3 N–H and O–H groups in total. The molecule has 17 heavy (non-hydrogen) atoms. The van der Waals surface area contributed by atoms with Crippen LogP contribution in [0.1, 0.15) is 32.8 Å². The van der Waals surface area contributed by atoms with Crippen LogP contribution in [-0.2, 0) is 16.6 Å². The summed E-state index contributed by atoms with van der Waals surface area (Å²) in [5, 5.41) is 0. The molecule has 5 heteroatoms. The first-order valence-electron chi connectivity index (χ1n) is 5.64. The molecule has 0 aliphatic carbocycles. The summed E-state index contributed by atoms with van der Waals surface area (Å²) in [4.78, 5) is 0.274. The highest BCUT2D eigenvalue weighted by atomic mass is 32.2. The van der Waals surface area contributed by atoms with Gasteiger partial charge in [0.25, 0.3) is 0 Å². The van der Waals surface area contributed by atoms with Gasteiger partial charge in [-0.25, -0.2) is 13.1 Å². The smallest absolute Gasteiger partial charge is 0.241 e. The van der Waals surface area contributed by atoms with Crippen LogP contribution in [0.4, 0.5) is 0 Å². The molecule has 0 aromatic heterocycles. The van der Waals surface area contributed by atoms with Crippen molar-refractivity contribution in [3.8, 4) is 0 Å². The van der Waals surface area contributed by atoms with Gasteiger partial charge in [0.2, 0.25) is 10.0 Å². The van der Waals surface area contributed by atoms with Gasteiger partial charge >= 0.3 is 0 Å². The fourth-order valence-corrected chi connectivity index (χ4v) is 2.78. The van der Waals surface area contributed by atoms with E-state index < -0.39 is 15.6 Å². The molecule has 0 saturated heterocycles. The summed E-state index contributed by atoms with van der Waals surface area (Å²) in [6, 6.07) is 6.62. The first-order valence-corrected chi connectivity index (χ1v) is 7.12. The average molecular weight is 256 g/mol. The molecular formula is C12H20N2O2S. The maximum atomic E-state index is 12.1. The van der Waals surface area contributed by atoms with Gasteiger partial charge in [0.05, 0.1) is 4.90 Å². The molecule has 0 amide bonds. The van der Waals surface area contributed by atoms with Crippen LogP contribution in [0.2, 0.25) is 0 Å². The Hall–Kier alpha value is -0.910. The van der Waals surface area contributed by atoms with E-state index in [4.69, 9.17) is 5.73 Å². The first kappa shape index (κ1) is 14.2. The van der Waals surface area contributed by atoms with E-state index in [0.29, 0.717) is 6.54 Å². The fraction of sp³-hybridized carbons (Fsp3) is 0.500. The van der Waals surface area contributed by atoms with Crippen molar-refractivity contribution >= 4 is 10.0 Å². The van der Waals surface area contributed by atoms with E-state index in [0.717, 1.165) is 12.0 Å². The van der Waals surface area contributed by atoms with Crippen LogP contribution < -0.4 is 10.5 Å². The Morgan fingerprint density at radius 3 is 2.18 bits per heavy atom. The third-order valence-electron chi connectivity index (χ3n) is 2.76. The van der Waals surface area contributed by atoms with E-state index in [1.807, 2.05) is 20.8 Å². The second kappa shape index (κ2) is 5.16. The Labute approximate surface area is 103 Å². The largest absolute Gasteiger partial charge is 0.326 e. The molecule has 0 aliphatic rings. The summed E-state index contributed by atoms with van der Waals surface area (Å²) >= 11 is 0. The molecule has 0 aliphatic heterocycles. The molecular weight excluding hydrogens is 236 g/mol. The van der Waals surface area contributed by atoms with E-state index >= 15 is 0 Å². The Bertz CT molecular complexity index is 464. The summed E-state index contributed by atoms with van der Waals surface area (Å²) in [6.07, 6.45) is 0.729. The highest BCUT2D eigenvalue weighted by Gasteiger charge is 2.24. The number of sulfonamides is 1. The molecule has 1 aromatic rings. The Morgan fingerprint density at radius 2 is 1.76 bits per heavy atom. The van der Waals surface area contributed by atoms with Crippen LogP contribution in [0.5, 0.6) is 0 Å². The van der Waals surface area contributed by atoms with Crippen molar-refractivity contribution in [2.24, 2.45) is 5.73 Å². The maximum Gasteiger partial charge on any atom is 0.241 e. The second-order valence-corrected chi connectivity index (χ2v) is 6.37. The zero-order valence-corrected chi connectivity index (χ0v) is 11.3. The van der Waals surface area contributed by atoms with Crippen molar-refractivity contribution in [1.29, 1.82) is 0 Å². The summed E-state index contributed by atoms with van der Waals surface area (Å²) in [7, 11) is -3.45. The topological polar surface area (TPSA) is 72.2 Å². The molecule has 0 unspecified atom stereocenters. The highest BCUT2D eigenvalue weighted by Crippen LogP contribution is 2.15. The maximum absolute atomic E-state index is 12.1. The van der Waals surface area contributed by atoms with Gasteiger partial charge in [-0.15, -0.1) is 0 Å². The minimum Gasteiger partial charge on any atom is -0.326 e. The van der Waals surface area contributed by atoms with Gasteiger partial charge in [0.15, 0.2) is 0 Å². The van der Waals surface area contributed by atoms with Crippen LogP contribution in [0, 0.1) is 0 Å². The fourth-order valence-electron chi connectivity index (χ4n) is 1.30. The Balaban J connectivity index is 2.97. The molecule has 1 aromatic carbocycles. The zero-order valence-electron chi connectivity index (χ0n) is 10.5. The predicted molar refractivity (Wildman–Crippen MR) is 69.0 cm³/mol. The summed E-state index contributed by atoms with van der Waals surface area (Å²) in [5.74, 6) is 0. The van der Waals surface area contributed by atoms with Gasteiger partial charge in [0.1, 0.15) is 0 Å². The Kier molecular flexibility index (Phi) is 4.30. The summed E-state index contributed by atoms with van der Waals surface area (Å²) in [5.41, 5.74) is 5.94. The number of rotatable bonds is 5. The van der Waals surface area contributed by atoms with Crippen molar-refractivity contribution in [2.45, 2.75) is 44.2 Å². The van der Waals surface area contributed by atoms with E-state index in [2.05, 4.69) is 4.72 Å². The second-order valence-electron chi connectivity index (χ2n) is 4.69. The van der Waals surface area contributed by atoms with Crippen molar-refractivity contribution in [3.63, 3.8) is 0 Å². The van der Waals surface area contributed by atoms with Gasteiger partial charge in [-0.1, -0.05) is 19.1 Å². The molecule has 1 rings (SSSR count). The molecule has 0 fully saturated rings. The third kappa shape index (κ3) is 3.80. The van der Waals surface area contributed by atoms with Crippen molar-refractivity contribution in [3.05, 3.63) is 29.8 Å². The van der Waals surface area contributed by atoms with Crippen molar-refractivity contribution in [1.82, 2.24) is 4.72 Å². The highest BCUT2D eigenvalue weighted by molar-refractivity contribution is 7.89. The lowest BCUT2D eigenvalue weighted by atomic mass is 10.0. The minimum atomic E-state index is -3.45. The molecule has 0 atom stereocenters. The van der Waals surface area contributed by atoms with Crippen LogP contribution in [0.25, 0.3) is 0 Å². The van der Waals surface area contributed by atoms with Gasteiger partial charge in [-0.3, -0.25) is 0 Å². The first-order chi connectivity index (χ1) is 7.80. The van der Waals surface area contributed by atoms with Gasteiger partial charge in [0, 0.05) is 12.1 Å². The van der Waals surface area contributed by atoms with E-state index in [1.54, 1.807) is 24.3 Å². The summed E-state index contributed by atoms with van der Waals surface area (Å²) < 4.78 is 26.8. The van der Waals surface area contributed by atoms with E-state index in [-0.39, 0.29) is 4.90 Å². The lowest BCUT2D eigenvalue weighted by Gasteiger charge is -2.24. The Morgan fingerprint density at radius 1 is 1.24 bits per heavy atom. The molecule has 4 nitrogen and oxygen atoms in total. The van der Waals surface area contributed by atoms with Crippen molar-refractivity contribution in [2.75, 3.05) is 0 Å². The van der Waals surface area contributed by atoms with Gasteiger partial charge < -0.3 is 5.73 Å². The zero-order chi connectivity index (χ0) is 13.1. The standard InChI is InChI=1S/C12H20N2O2S/c1-4-12(2,3)14-17(15,16)11-7-5-10(9-13)6-8-11/h5-8,14H,4,9,13H2,1-3H3. The number of nitrogens with one attached hydrogen (secondary N) is 1. The minimum absolute atomic E-state index is 0.274. The number of nitrogens with two attached hydrogens (primary N) is 1. The average Bonchev–Trinajstić information content (AvgIpc) is 2.28. The monoisotopic (exact) mass is 256 g/mol.